The fourth-order valence-electron chi connectivity index (χ4n) is 1.64. The first-order valence-corrected chi connectivity index (χ1v) is 5.55. The third-order valence-corrected chi connectivity index (χ3v) is 2.61. The molecule has 1 saturated heterocycles. The minimum atomic E-state index is -0.403. The van der Waals surface area contributed by atoms with Crippen molar-refractivity contribution in [2.75, 3.05) is 24.6 Å². The minimum Gasteiger partial charge on any atom is -0.462 e. The van der Waals surface area contributed by atoms with Gasteiger partial charge in [0.15, 0.2) is 0 Å². The van der Waals surface area contributed by atoms with Crippen LogP contribution in [0.15, 0.2) is 6.20 Å². The topological polar surface area (TPSA) is 75.5 Å². The lowest BCUT2D eigenvalue weighted by molar-refractivity contribution is 0.0524. The van der Waals surface area contributed by atoms with Gasteiger partial charge in [0.25, 0.3) is 0 Å². The van der Waals surface area contributed by atoms with Crippen molar-refractivity contribution in [1.29, 1.82) is 0 Å². The highest BCUT2D eigenvalue weighted by atomic mass is 16.5. The van der Waals surface area contributed by atoms with Gasteiger partial charge in [0, 0.05) is 19.3 Å². The van der Waals surface area contributed by atoms with Gasteiger partial charge in [0.05, 0.1) is 24.0 Å². The summed E-state index contributed by atoms with van der Waals surface area (Å²) >= 11 is 0. The van der Waals surface area contributed by atoms with Crippen molar-refractivity contribution in [2.45, 2.75) is 20.0 Å². The zero-order valence-electron chi connectivity index (χ0n) is 9.88. The molecule has 2 rings (SSSR count). The van der Waals surface area contributed by atoms with Gasteiger partial charge in [-0.05, 0) is 13.8 Å². The fourth-order valence-corrected chi connectivity index (χ4v) is 1.64. The largest absolute Gasteiger partial charge is 0.462 e. The number of carbonyl (C=O) groups excluding carboxylic acids is 1. The van der Waals surface area contributed by atoms with Gasteiger partial charge in [-0.3, -0.25) is 0 Å². The van der Waals surface area contributed by atoms with Crippen LogP contribution in [0, 0.1) is 6.92 Å². The van der Waals surface area contributed by atoms with Gasteiger partial charge in [-0.15, -0.1) is 0 Å². The lowest BCUT2D eigenvalue weighted by Gasteiger charge is -2.35. The third-order valence-electron chi connectivity index (χ3n) is 2.61. The molecule has 6 heteroatoms. The van der Waals surface area contributed by atoms with E-state index in [-0.39, 0.29) is 6.10 Å². The van der Waals surface area contributed by atoms with Crippen LogP contribution in [0.5, 0.6) is 0 Å². The second kappa shape index (κ2) is 4.67. The van der Waals surface area contributed by atoms with Crippen LogP contribution < -0.4 is 4.90 Å². The zero-order chi connectivity index (χ0) is 12.4. The number of esters is 1. The molecule has 6 nitrogen and oxygen atoms in total. The summed E-state index contributed by atoms with van der Waals surface area (Å²) in [5.74, 6) is 0.140. The quantitative estimate of drug-likeness (QED) is 0.754. The number of aryl methyl sites for hydroxylation is 1. The molecular formula is C11H15N3O3. The van der Waals surface area contributed by atoms with E-state index in [0.29, 0.717) is 36.9 Å². The Hall–Kier alpha value is -1.69. The number of hydrogen-bond acceptors (Lipinski definition) is 6. The second-order valence-corrected chi connectivity index (χ2v) is 3.95. The molecule has 0 unspecified atom stereocenters. The van der Waals surface area contributed by atoms with Crippen molar-refractivity contribution in [3.63, 3.8) is 0 Å². The Bertz CT molecular complexity index is 430. The summed E-state index contributed by atoms with van der Waals surface area (Å²) in [4.78, 5) is 21.7. The monoisotopic (exact) mass is 237 g/mol. The van der Waals surface area contributed by atoms with Gasteiger partial charge in [-0.1, -0.05) is 0 Å². The molecule has 0 spiro atoms. The van der Waals surface area contributed by atoms with Gasteiger partial charge >= 0.3 is 5.97 Å². The van der Waals surface area contributed by atoms with Crippen molar-refractivity contribution < 1.29 is 14.6 Å². The number of β-amino-alcohol motifs (C(OH)–C–C–N with tert-alkyl or cyclic N) is 1. The fraction of sp³-hybridized carbons (Fsp3) is 0.545. The normalized spacial score (nSPS) is 15.6. The summed E-state index contributed by atoms with van der Waals surface area (Å²) in [6.45, 7) is 4.91. The van der Waals surface area contributed by atoms with Gasteiger partial charge in [0.1, 0.15) is 0 Å². The van der Waals surface area contributed by atoms with Crippen LogP contribution in [0.3, 0.4) is 0 Å². The molecule has 0 amide bonds. The number of ether oxygens (including phenoxy) is 1. The van der Waals surface area contributed by atoms with E-state index in [4.69, 9.17) is 4.74 Å². The maximum atomic E-state index is 11.5. The molecule has 1 fully saturated rings. The highest BCUT2D eigenvalue weighted by Gasteiger charge is 2.27. The molecular weight excluding hydrogens is 222 g/mol. The van der Waals surface area contributed by atoms with Crippen LogP contribution in [0.1, 0.15) is 23.0 Å². The molecule has 0 aromatic carbocycles. The number of aromatic nitrogens is 2. The van der Waals surface area contributed by atoms with E-state index in [1.54, 1.807) is 13.8 Å². The first kappa shape index (κ1) is 11.8. The van der Waals surface area contributed by atoms with E-state index in [2.05, 4.69) is 9.97 Å². The van der Waals surface area contributed by atoms with Gasteiger partial charge in [0.2, 0.25) is 5.95 Å². The Morgan fingerprint density at radius 3 is 2.88 bits per heavy atom. The summed E-state index contributed by atoms with van der Waals surface area (Å²) in [7, 11) is 0. The molecule has 0 atom stereocenters. The molecule has 1 aromatic rings. The maximum absolute atomic E-state index is 11.5. The van der Waals surface area contributed by atoms with E-state index in [0.717, 1.165) is 0 Å². The Kier molecular flexibility index (Phi) is 3.23. The number of aliphatic hydroxyl groups excluding tert-OH is 1. The molecule has 1 aromatic heterocycles. The number of rotatable bonds is 3. The number of aliphatic hydroxyl groups is 1. The number of anilines is 1. The predicted molar refractivity (Wildman–Crippen MR) is 60.9 cm³/mol. The summed E-state index contributed by atoms with van der Waals surface area (Å²) < 4.78 is 4.89. The smallest absolute Gasteiger partial charge is 0.341 e. The predicted octanol–water partition coefficient (Wildman–Crippen LogP) is 0.143. The van der Waals surface area contributed by atoms with E-state index in [1.165, 1.54) is 6.20 Å². The Labute approximate surface area is 99.2 Å². The summed E-state index contributed by atoms with van der Waals surface area (Å²) in [5, 5.41) is 9.19. The van der Waals surface area contributed by atoms with Crippen LogP contribution in [-0.2, 0) is 4.74 Å². The van der Waals surface area contributed by atoms with Crippen LogP contribution in [0.25, 0.3) is 0 Å². The van der Waals surface area contributed by atoms with Crippen LogP contribution in [0.4, 0.5) is 5.95 Å². The van der Waals surface area contributed by atoms with Crippen molar-refractivity contribution in [1.82, 2.24) is 9.97 Å². The maximum Gasteiger partial charge on any atom is 0.341 e. The summed E-state index contributed by atoms with van der Waals surface area (Å²) in [6, 6.07) is 0. The molecule has 1 aliphatic rings. The average Bonchev–Trinajstić information content (AvgIpc) is 2.25. The van der Waals surface area contributed by atoms with Crippen molar-refractivity contribution in [2.24, 2.45) is 0 Å². The number of nitrogens with zero attached hydrogens (tertiary/aromatic N) is 3. The number of hydrogen-bond donors (Lipinski definition) is 1. The SMILES string of the molecule is CCOC(=O)c1cnc(N2CC(O)C2)nc1C. The molecule has 0 bridgehead atoms. The first-order valence-electron chi connectivity index (χ1n) is 5.55. The van der Waals surface area contributed by atoms with Crippen LogP contribution >= 0.6 is 0 Å². The highest BCUT2D eigenvalue weighted by Crippen LogP contribution is 2.17. The second-order valence-electron chi connectivity index (χ2n) is 3.95. The van der Waals surface area contributed by atoms with E-state index in [1.807, 2.05) is 4.90 Å². The summed E-state index contributed by atoms with van der Waals surface area (Å²) in [6.07, 6.45) is 1.17. The minimum absolute atomic E-state index is 0.302. The molecule has 2 heterocycles. The van der Waals surface area contributed by atoms with Crippen molar-refractivity contribution in [3.8, 4) is 0 Å². The molecule has 1 N–H and O–H groups in total. The highest BCUT2D eigenvalue weighted by molar-refractivity contribution is 5.90. The molecule has 92 valence electrons. The molecule has 0 aliphatic carbocycles. The molecule has 0 radical (unpaired) electrons. The van der Waals surface area contributed by atoms with E-state index < -0.39 is 5.97 Å². The Morgan fingerprint density at radius 1 is 1.65 bits per heavy atom. The van der Waals surface area contributed by atoms with E-state index in [9.17, 15) is 9.90 Å². The van der Waals surface area contributed by atoms with Crippen LogP contribution in [0.2, 0.25) is 0 Å². The zero-order valence-corrected chi connectivity index (χ0v) is 9.88. The van der Waals surface area contributed by atoms with Crippen molar-refractivity contribution >= 4 is 11.9 Å². The van der Waals surface area contributed by atoms with Gasteiger partial charge in [-0.25, -0.2) is 14.8 Å². The number of carbonyl (C=O) groups is 1. The van der Waals surface area contributed by atoms with Crippen LogP contribution in [-0.4, -0.2) is 46.8 Å². The summed E-state index contributed by atoms with van der Waals surface area (Å²) in [5.41, 5.74) is 0.978. The van der Waals surface area contributed by atoms with Gasteiger partial charge in [-0.2, -0.15) is 0 Å². The molecule has 17 heavy (non-hydrogen) atoms. The van der Waals surface area contributed by atoms with Gasteiger partial charge < -0.3 is 14.7 Å². The van der Waals surface area contributed by atoms with E-state index >= 15 is 0 Å². The van der Waals surface area contributed by atoms with Crippen molar-refractivity contribution in [3.05, 3.63) is 17.5 Å². The standard InChI is InChI=1S/C11H15N3O3/c1-3-17-10(16)9-4-12-11(13-7(9)2)14-5-8(15)6-14/h4,8,15H,3,5-6H2,1-2H3. The molecule has 1 aliphatic heterocycles. The Morgan fingerprint density at radius 2 is 2.35 bits per heavy atom. The molecule has 0 saturated carbocycles. The lowest BCUT2D eigenvalue weighted by Crippen LogP contribution is -2.51. The third kappa shape index (κ3) is 2.36. The Balaban J connectivity index is 2.14. The lowest BCUT2D eigenvalue weighted by atomic mass is 10.2. The first-order chi connectivity index (χ1) is 8.11. The average molecular weight is 237 g/mol.